The van der Waals surface area contributed by atoms with Crippen LogP contribution in [-0.2, 0) is 4.79 Å². The smallest absolute Gasteiger partial charge is 0.236 e. The molecule has 94 valence electrons. The predicted octanol–water partition coefficient (Wildman–Crippen LogP) is 2.64. The first-order valence-electron chi connectivity index (χ1n) is 5.14. The van der Waals surface area contributed by atoms with Crippen LogP contribution in [0.25, 0.3) is 0 Å². The van der Waals surface area contributed by atoms with Gasteiger partial charge in [-0.15, -0.1) is 16.9 Å². The highest BCUT2D eigenvalue weighted by molar-refractivity contribution is 8.15. The molecule has 7 heteroatoms. The minimum atomic E-state index is -0.0236. The van der Waals surface area contributed by atoms with Gasteiger partial charge in [0.1, 0.15) is 0 Å². The Morgan fingerprint density at radius 3 is 2.89 bits per heavy atom. The number of carbonyl (C=O) groups is 1. The monoisotopic (exact) mass is 299 g/mol. The van der Waals surface area contributed by atoms with E-state index in [4.69, 9.17) is 11.6 Å². The van der Waals surface area contributed by atoms with Crippen molar-refractivity contribution in [3.63, 3.8) is 0 Å². The zero-order valence-corrected chi connectivity index (χ0v) is 11.7. The summed E-state index contributed by atoms with van der Waals surface area (Å²) >= 11 is 8.79. The molecule has 1 aliphatic heterocycles. The molecule has 2 rings (SSSR count). The number of rotatable bonds is 4. The van der Waals surface area contributed by atoms with Gasteiger partial charge in [-0.2, -0.15) is 5.10 Å². The highest BCUT2D eigenvalue weighted by Gasteiger charge is 2.15. The number of nitrogens with zero attached hydrogens (tertiary/aromatic N) is 2. The largest absolute Gasteiger partial charge is 0.303 e. The Labute approximate surface area is 118 Å². The Balaban J connectivity index is 1.75. The van der Waals surface area contributed by atoms with Crippen molar-refractivity contribution in [3.8, 4) is 0 Å². The van der Waals surface area contributed by atoms with Crippen molar-refractivity contribution in [2.45, 2.75) is 4.90 Å². The normalized spacial score (nSPS) is 17.6. The van der Waals surface area contributed by atoms with E-state index in [9.17, 15) is 4.79 Å². The summed E-state index contributed by atoms with van der Waals surface area (Å²) in [5.74, 6) is 1.12. The second kappa shape index (κ2) is 6.82. The Morgan fingerprint density at radius 2 is 2.22 bits per heavy atom. The van der Waals surface area contributed by atoms with Crippen LogP contribution in [-0.4, -0.2) is 28.8 Å². The molecule has 1 aromatic rings. The van der Waals surface area contributed by atoms with Gasteiger partial charge in [0.25, 0.3) is 0 Å². The summed E-state index contributed by atoms with van der Waals surface area (Å²) < 4.78 is 0. The molecule has 1 aromatic carbocycles. The van der Waals surface area contributed by atoms with Crippen LogP contribution in [0.2, 0.25) is 5.02 Å². The maximum atomic E-state index is 10.9. The van der Waals surface area contributed by atoms with Gasteiger partial charge in [-0.25, -0.2) is 0 Å². The molecule has 1 saturated heterocycles. The summed E-state index contributed by atoms with van der Waals surface area (Å²) in [7, 11) is 0. The molecule has 1 N–H and O–H groups in total. The van der Waals surface area contributed by atoms with Gasteiger partial charge < -0.3 is 5.32 Å². The molecule has 1 amide bonds. The summed E-state index contributed by atoms with van der Waals surface area (Å²) in [6.07, 6.45) is 1.71. The predicted molar refractivity (Wildman–Crippen MR) is 78.7 cm³/mol. The van der Waals surface area contributed by atoms with Gasteiger partial charge in [0.15, 0.2) is 5.17 Å². The number of halogens is 1. The lowest BCUT2D eigenvalue weighted by Gasteiger charge is -1.96. The van der Waals surface area contributed by atoms with E-state index in [0.717, 1.165) is 15.7 Å². The van der Waals surface area contributed by atoms with Gasteiger partial charge in [0.05, 0.1) is 5.75 Å². The van der Waals surface area contributed by atoms with Crippen molar-refractivity contribution in [3.05, 3.63) is 29.3 Å². The van der Waals surface area contributed by atoms with Crippen molar-refractivity contribution in [2.75, 3.05) is 11.5 Å². The summed E-state index contributed by atoms with van der Waals surface area (Å²) in [5, 5.41) is 11.7. The van der Waals surface area contributed by atoms with Crippen molar-refractivity contribution in [1.82, 2.24) is 5.32 Å². The van der Waals surface area contributed by atoms with Crippen LogP contribution < -0.4 is 5.32 Å². The lowest BCUT2D eigenvalue weighted by atomic mass is 10.4. The number of amidine groups is 1. The Kier molecular flexibility index (Phi) is 5.10. The summed E-state index contributed by atoms with van der Waals surface area (Å²) in [5.41, 5.74) is 0. The summed E-state index contributed by atoms with van der Waals surface area (Å²) in [4.78, 5) is 12.0. The molecule has 4 nitrogen and oxygen atoms in total. The standard InChI is InChI=1S/C11H10ClN3OS2/c12-8-1-3-9(4-2-8)17-6-5-13-15-11-14-10(16)7-18-11/h1-5H,6-7H2,(H,14,15,16)/b13-5-. The lowest BCUT2D eigenvalue weighted by molar-refractivity contribution is -0.116. The van der Waals surface area contributed by atoms with Gasteiger partial charge in [-0.3, -0.25) is 4.79 Å². The molecule has 0 saturated carbocycles. The van der Waals surface area contributed by atoms with Crippen LogP contribution in [0.5, 0.6) is 0 Å². The maximum absolute atomic E-state index is 10.9. The van der Waals surface area contributed by atoms with Crippen LogP contribution in [0.4, 0.5) is 0 Å². The van der Waals surface area contributed by atoms with Crippen LogP contribution in [0.15, 0.2) is 39.4 Å². The molecule has 0 spiro atoms. The third-order valence-corrected chi connectivity index (χ3v) is 3.99. The highest BCUT2D eigenvalue weighted by Crippen LogP contribution is 2.19. The van der Waals surface area contributed by atoms with Crippen LogP contribution in [0.3, 0.4) is 0 Å². The zero-order chi connectivity index (χ0) is 12.8. The molecule has 1 fully saturated rings. The first-order chi connectivity index (χ1) is 8.74. The number of thioether (sulfide) groups is 2. The van der Waals surface area contributed by atoms with E-state index in [1.165, 1.54) is 11.8 Å². The number of hydrogen-bond donors (Lipinski definition) is 1. The molecule has 1 aliphatic rings. The Bertz CT molecular complexity index is 488. The number of benzene rings is 1. The number of amides is 1. The molecule has 18 heavy (non-hydrogen) atoms. The average molecular weight is 300 g/mol. The first-order valence-corrected chi connectivity index (χ1v) is 7.49. The van der Waals surface area contributed by atoms with E-state index in [1.54, 1.807) is 18.0 Å². The first kappa shape index (κ1) is 13.5. The third kappa shape index (κ3) is 4.36. The van der Waals surface area contributed by atoms with Gasteiger partial charge in [0, 0.05) is 21.9 Å². The Morgan fingerprint density at radius 1 is 1.44 bits per heavy atom. The molecule has 0 radical (unpaired) electrons. The van der Waals surface area contributed by atoms with E-state index in [-0.39, 0.29) is 5.91 Å². The van der Waals surface area contributed by atoms with Gasteiger partial charge in [-0.1, -0.05) is 23.4 Å². The topological polar surface area (TPSA) is 53.8 Å². The van der Waals surface area contributed by atoms with E-state index in [0.29, 0.717) is 10.9 Å². The maximum Gasteiger partial charge on any atom is 0.236 e. The van der Waals surface area contributed by atoms with Gasteiger partial charge >= 0.3 is 0 Å². The van der Waals surface area contributed by atoms with Crippen molar-refractivity contribution in [2.24, 2.45) is 10.2 Å². The van der Waals surface area contributed by atoms with Crippen molar-refractivity contribution in [1.29, 1.82) is 0 Å². The van der Waals surface area contributed by atoms with E-state index >= 15 is 0 Å². The molecule has 0 aromatic heterocycles. The Hall–Kier alpha value is -0.980. The van der Waals surface area contributed by atoms with E-state index in [1.807, 2.05) is 24.3 Å². The van der Waals surface area contributed by atoms with E-state index in [2.05, 4.69) is 15.5 Å². The van der Waals surface area contributed by atoms with Crippen molar-refractivity contribution < 1.29 is 4.79 Å². The summed E-state index contributed by atoms with van der Waals surface area (Å²) in [6.45, 7) is 0. The van der Waals surface area contributed by atoms with Crippen LogP contribution in [0, 0.1) is 0 Å². The molecule has 0 bridgehead atoms. The fourth-order valence-corrected chi connectivity index (χ4v) is 2.59. The number of hydrogen-bond acceptors (Lipinski definition) is 5. The third-order valence-electron chi connectivity index (χ3n) is 1.95. The second-order valence-corrected chi connectivity index (χ2v) is 5.80. The fourth-order valence-electron chi connectivity index (χ4n) is 1.17. The highest BCUT2D eigenvalue weighted by atomic mass is 35.5. The molecule has 0 atom stereocenters. The molecule has 1 heterocycles. The van der Waals surface area contributed by atoms with Crippen molar-refractivity contribution >= 4 is 52.4 Å². The lowest BCUT2D eigenvalue weighted by Crippen LogP contribution is -2.19. The minimum absolute atomic E-state index is 0.0236. The number of carbonyl (C=O) groups excluding carboxylic acids is 1. The fraction of sp³-hybridized carbons (Fsp3) is 0.182. The quantitative estimate of drug-likeness (QED) is 0.528. The van der Waals surface area contributed by atoms with Crippen LogP contribution in [0.1, 0.15) is 0 Å². The number of nitrogens with one attached hydrogen (secondary N) is 1. The molecule has 0 aliphatic carbocycles. The SMILES string of the molecule is O=C1CS/C(=N\N=C/CSc2ccc(Cl)cc2)N1. The van der Waals surface area contributed by atoms with Gasteiger partial charge in [0.2, 0.25) is 5.91 Å². The van der Waals surface area contributed by atoms with E-state index < -0.39 is 0 Å². The zero-order valence-electron chi connectivity index (χ0n) is 9.30. The molecule has 0 unspecified atom stereocenters. The molecular formula is C11H10ClN3OS2. The van der Waals surface area contributed by atoms with Crippen LogP contribution >= 0.6 is 35.1 Å². The average Bonchev–Trinajstić information content (AvgIpc) is 2.77. The minimum Gasteiger partial charge on any atom is -0.303 e. The summed E-state index contributed by atoms with van der Waals surface area (Å²) in [6, 6.07) is 7.62. The molecular weight excluding hydrogens is 290 g/mol. The van der Waals surface area contributed by atoms with Gasteiger partial charge in [-0.05, 0) is 24.3 Å². The second-order valence-electron chi connectivity index (χ2n) is 3.30.